The van der Waals surface area contributed by atoms with Gasteiger partial charge in [-0.2, -0.15) is 0 Å². The number of piperazine rings is 1. The van der Waals surface area contributed by atoms with Crippen molar-refractivity contribution in [3.8, 4) is 0 Å². The summed E-state index contributed by atoms with van der Waals surface area (Å²) < 4.78 is 5.38. The summed E-state index contributed by atoms with van der Waals surface area (Å²) >= 11 is 0. The van der Waals surface area contributed by atoms with E-state index >= 15 is 0 Å². The van der Waals surface area contributed by atoms with Crippen LogP contribution in [0.3, 0.4) is 0 Å². The van der Waals surface area contributed by atoms with Crippen LogP contribution in [0.15, 0.2) is 47.1 Å². The standard InChI is InChI=1S/C22H29N3O2/c23-14-20-13-19(16-27-20)21(26)24-11-12-25(15-18-7-3-1-4-8-18)22(17-24)9-5-2-6-10-22/h1,3-4,7-8,13,16H,2,5-6,9-12,14-15,17,23H2. The lowest BCUT2D eigenvalue weighted by atomic mass is 9.78. The Morgan fingerprint density at radius 2 is 1.89 bits per heavy atom. The molecule has 0 atom stereocenters. The number of carbonyl (C=O) groups excluding carboxylic acids is 1. The maximum absolute atomic E-state index is 13.0. The van der Waals surface area contributed by atoms with Gasteiger partial charge in [-0.15, -0.1) is 0 Å². The van der Waals surface area contributed by atoms with Crippen LogP contribution in [0.25, 0.3) is 0 Å². The first-order valence-corrected chi connectivity index (χ1v) is 10.1. The van der Waals surface area contributed by atoms with Crippen LogP contribution in [0.2, 0.25) is 0 Å². The molecule has 1 saturated heterocycles. The number of nitrogens with zero attached hydrogens (tertiary/aromatic N) is 2. The Bertz CT molecular complexity index is 765. The van der Waals surface area contributed by atoms with E-state index in [1.165, 1.54) is 37.7 Å². The summed E-state index contributed by atoms with van der Waals surface area (Å²) in [5.41, 5.74) is 7.69. The Hall–Kier alpha value is -2.11. The SMILES string of the molecule is NCc1cc(C(=O)N2CCN(Cc3ccccc3)C3(CCCCC3)C2)co1. The molecule has 2 heterocycles. The summed E-state index contributed by atoms with van der Waals surface area (Å²) in [6, 6.07) is 12.5. The quantitative estimate of drug-likeness (QED) is 0.900. The lowest BCUT2D eigenvalue weighted by Gasteiger charge is -2.53. The highest BCUT2D eigenvalue weighted by Crippen LogP contribution is 2.38. The van der Waals surface area contributed by atoms with E-state index in [1.807, 2.05) is 4.90 Å². The van der Waals surface area contributed by atoms with Crippen LogP contribution in [0.1, 0.15) is 53.8 Å². The van der Waals surface area contributed by atoms with E-state index in [0.29, 0.717) is 17.9 Å². The lowest BCUT2D eigenvalue weighted by Crippen LogP contribution is -2.63. The number of furan rings is 1. The molecule has 27 heavy (non-hydrogen) atoms. The van der Waals surface area contributed by atoms with Gasteiger partial charge in [0.25, 0.3) is 5.91 Å². The number of hydrogen-bond donors (Lipinski definition) is 1. The zero-order valence-corrected chi connectivity index (χ0v) is 15.9. The van der Waals surface area contributed by atoms with Crippen molar-refractivity contribution in [2.24, 2.45) is 5.73 Å². The van der Waals surface area contributed by atoms with Gasteiger partial charge < -0.3 is 15.1 Å². The van der Waals surface area contributed by atoms with Crippen molar-refractivity contribution in [2.75, 3.05) is 19.6 Å². The number of rotatable bonds is 4. The molecular weight excluding hydrogens is 338 g/mol. The number of amides is 1. The number of hydrogen-bond acceptors (Lipinski definition) is 4. The highest BCUT2D eigenvalue weighted by molar-refractivity contribution is 5.94. The van der Waals surface area contributed by atoms with Crippen LogP contribution < -0.4 is 5.73 Å². The fourth-order valence-corrected chi connectivity index (χ4v) is 4.70. The lowest BCUT2D eigenvalue weighted by molar-refractivity contribution is -0.0252. The zero-order valence-electron chi connectivity index (χ0n) is 15.9. The third-order valence-corrected chi connectivity index (χ3v) is 6.19. The zero-order chi connectivity index (χ0) is 18.7. The van der Waals surface area contributed by atoms with Crippen LogP contribution >= 0.6 is 0 Å². The topological polar surface area (TPSA) is 62.7 Å². The Morgan fingerprint density at radius 3 is 2.59 bits per heavy atom. The van der Waals surface area contributed by atoms with Crippen molar-refractivity contribution in [1.82, 2.24) is 9.80 Å². The predicted molar refractivity (Wildman–Crippen MR) is 105 cm³/mol. The normalized spacial score (nSPS) is 20.1. The number of nitrogens with two attached hydrogens (primary N) is 1. The largest absolute Gasteiger partial charge is 0.467 e. The second kappa shape index (κ2) is 7.87. The molecule has 2 aliphatic rings. The minimum absolute atomic E-state index is 0.0720. The third-order valence-electron chi connectivity index (χ3n) is 6.19. The Kier molecular flexibility index (Phi) is 5.32. The van der Waals surface area contributed by atoms with Gasteiger partial charge in [-0.1, -0.05) is 49.6 Å². The molecule has 144 valence electrons. The number of carbonyl (C=O) groups is 1. The summed E-state index contributed by atoms with van der Waals surface area (Å²) in [6.45, 7) is 3.77. The molecule has 0 bridgehead atoms. The van der Waals surface area contributed by atoms with Crippen LogP contribution in [0, 0.1) is 0 Å². The maximum atomic E-state index is 13.0. The van der Waals surface area contributed by atoms with Crippen LogP contribution in [0.5, 0.6) is 0 Å². The van der Waals surface area contributed by atoms with Gasteiger partial charge in [0.1, 0.15) is 12.0 Å². The Balaban J connectivity index is 1.53. The van der Waals surface area contributed by atoms with Gasteiger partial charge in [0.15, 0.2) is 0 Å². The van der Waals surface area contributed by atoms with Crippen molar-refractivity contribution < 1.29 is 9.21 Å². The highest BCUT2D eigenvalue weighted by Gasteiger charge is 2.43. The molecule has 2 N–H and O–H groups in total. The summed E-state index contributed by atoms with van der Waals surface area (Å²) in [6.07, 6.45) is 7.68. The predicted octanol–water partition coefficient (Wildman–Crippen LogP) is 3.40. The monoisotopic (exact) mass is 367 g/mol. The fraction of sp³-hybridized carbons (Fsp3) is 0.500. The molecule has 1 spiro atoms. The fourth-order valence-electron chi connectivity index (χ4n) is 4.70. The molecule has 1 aromatic carbocycles. The van der Waals surface area contributed by atoms with Gasteiger partial charge in [0.05, 0.1) is 12.1 Å². The molecule has 1 aliphatic carbocycles. The molecule has 0 radical (unpaired) electrons. The minimum Gasteiger partial charge on any atom is -0.467 e. The van der Waals surface area contributed by atoms with E-state index in [0.717, 1.165) is 26.2 Å². The smallest absolute Gasteiger partial charge is 0.257 e. The van der Waals surface area contributed by atoms with Gasteiger partial charge >= 0.3 is 0 Å². The summed E-state index contributed by atoms with van der Waals surface area (Å²) in [7, 11) is 0. The molecule has 2 aromatic rings. The second-order valence-electron chi connectivity index (χ2n) is 7.92. The van der Waals surface area contributed by atoms with E-state index in [4.69, 9.17) is 10.2 Å². The van der Waals surface area contributed by atoms with Crippen molar-refractivity contribution in [1.29, 1.82) is 0 Å². The molecule has 5 heteroatoms. The summed E-state index contributed by atoms with van der Waals surface area (Å²) in [5.74, 6) is 0.733. The second-order valence-corrected chi connectivity index (χ2v) is 7.92. The van der Waals surface area contributed by atoms with Gasteiger partial charge in [0, 0.05) is 31.7 Å². The van der Waals surface area contributed by atoms with Crippen molar-refractivity contribution in [3.05, 3.63) is 59.5 Å². The van der Waals surface area contributed by atoms with E-state index in [9.17, 15) is 4.79 Å². The summed E-state index contributed by atoms with van der Waals surface area (Å²) in [4.78, 5) is 17.7. The van der Waals surface area contributed by atoms with Gasteiger partial charge in [-0.05, 0) is 24.5 Å². The average molecular weight is 367 g/mol. The van der Waals surface area contributed by atoms with Gasteiger partial charge in [-0.3, -0.25) is 9.69 Å². The van der Waals surface area contributed by atoms with Gasteiger partial charge in [0.2, 0.25) is 0 Å². The van der Waals surface area contributed by atoms with E-state index in [1.54, 1.807) is 12.3 Å². The Morgan fingerprint density at radius 1 is 1.11 bits per heavy atom. The minimum atomic E-state index is 0.0720. The first kappa shape index (κ1) is 18.3. The van der Waals surface area contributed by atoms with Crippen molar-refractivity contribution in [3.63, 3.8) is 0 Å². The maximum Gasteiger partial charge on any atom is 0.257 e. The molecule has 1 aliphatic heterocycles. The van der Waals surface area contributed by atoms with Gasteiger partial charge in [-0.25, -0.2) is 0 Å². The van der Waals surface area contributed by atoms with Crippen LogP contribution in [0.4, 0.5) is 0 Å². The molecule has 2 fully saturated rings. The van der Waals surface area contributed by atoms with E-state index in [2.05, 4.69) is 35.2 Å². The Labute approximate surface area is 161 Å². The van der Waals surface area contributed by atoms with Crippen molar-refractivity contribution >= 4 is 5.91 Å². The van der Waals surface area contributed by atoms with Crippen LogP contribution in [-0.4, -0.2) is 40.9 Å². The van der Waals surface area contributed by atoms with E-state index in [-0.39, 0.29) is 11.4 Å². The molecule has 1 aromatic heterocycles. The van der Waals surface area contributed by atoms with E-state index < -0.39 is 0 Å². The molecule has 0 unspecified atom stereocenters. The molecule has 4 rings (SSSR count). The first-order chi connectivity index (χ1) is 13.2. The molecule has 1 saturated carbocycles. The third kappa shape index (κ3) is 3.80. The van der Waals surface area contributed by atoms with Crippen LogP contribution in [-0.2, 0) is 13.1 Å². The highest BCUT2D eigenvalue weighted by atomic mass is 16.3. The number of benzene rings is 1. The molecule has 1 amide bonds. The molecule has 5 nitrogen and oxygen atoms in total. The summed E-state index contributed by atoms with van der Waals surface area (Å²) in [5, 5.41) is 0. The molecular formula is C22H29N3O2. The van der Waals surface area contributed by atoms with Crippen molar-refractivity contribution in [2.45, 2.75) is 50.7 Å². The average Bonchev–Trinajstić information content (AvgIpc) is 3.20. The first-order valence-electron chi connectivity index (χ1n) is 10.1.